The van der Waals surface area contributed by atoms with E-state index in [0.29, 0.717) is 25.4 Å². The van der Waals surface area contributed by atoms with Gasteiger partial charge >= 0.3 is 0 Å². The lowest BCUT2D eigenvalue weighted by atomic mass is 10.2. The average Bonchev–Trinajstić information content (AvgIpc) is 2.35. The lowest BCUT2D eigenvalue weighted by Crippen LogP contribution is -2.31. The Morgan fingerprint density at radius 2 is 2.28 bits per heavy atom. The second kappa shape index (κ2) is 7.23. The highest BCUT2D eigenvalue weighted by Crippen LogP contribution is 2.00. The van der Waals surface area contributed by atoms with E-state index in [-0.39, 0.29) is 16.9 Å². The van der Waals surface area contributed by atoms with Crippen molar-refractivity contribution in [2.45, 2.75) is 13.5 Å². The number of aryl methyl sites for hydroxylation is 1. The van der Waals surface area contributed by atoms with Gasteiger partial charge in [0.05, 0.1) is 6.61 Å². The van der Waals surface area contributed by atoms with Gasteiger partial charge in [0.2, 0.25) is 0 Å². The quantitative estimate of drug-likeness (QED) is 0.738. The molecule has 0 saturated carbocycles. The van der Waals surface area contributed by atoms with Crippen molar-refractivity contribution < 1.29 is 9.53 Å². The van der Waals surface area contributed by atoms with E-state index in [9.17, 15) is 9.59 Å². The molecule has 18 heavy (non-hydrogen) atoms. The molecule has 0 spiro atoms. The minimum atomic E-state index is -0.361. The number of thiol groups is 1. The molecule has 0 atom stereocenters. The van der Waals surface area contributed by atoms with Gasteiger partial charge in [-0.05, 0) is 6.92 Å². The third-order valence-corrected chi connectivity index (χ3v) is 2.75. The predicted molar refractivity (Wildman–Crippen MR) is 73.5 cm³/mol. The Kier molecular flexibility index (Phi) is 5.94. The van der Waals surface area contributed by atoms with Gasteiger partial charge in [-0.3, -0.25) is 9.59 Å². The van der Waals surface area contributed by atoms with Gasteiger partial charge in [-0.1, -0.05) is 0 Å². The maximum absolute atomic E-state index is 11.8. The highest BCUT2D eigenvalue weighted by molar-refractivity contribution is 7.80. The fourth-order valence-corrected chi connectivity index (χ4v) is 1.65. The van der Waals surface area contributed by atoms with E-state index in [1.54, 1.807) is 13.3 Å². The summed E-state index contributed by atoms with van der Waals surface area (Å²) in [5, 5.41) is 2.63. The Hall–Kier alpha value is -1.27. The lowest BCUT2D eigenvalue weighted by molar-refractivity contribution is 0.0954. The minimum Gasteiger partial charge on any atom is -0.383 e. The van der Waals surface area contributed by atoms with Crippen molar-refractivity contribution in [2.24, 2.45) is 0 Å². The molecule has 0 bridgehead atoms. The zero-order valence-corrected chi connectivity index (χ0v) is 11.5. The molecule has 0 aliphatic carbocycles. The fourth-order valence-electron chi connectivity index (χ4n) is 1.54. The number of rotatable bonds is 6. The molecule has 1 aromatic rings. The predicted octanol–water partition coefficient (Wildman–Crippen LogP) is 0.463. The number of ether oxygens (including phenoxy) is 1. The molecule has 0 unspecified atom stereocenters. The molecular formula is C12H18N2O3S. The standard InChI is InChI=1S/C12H18N2O3S/c1-9-7-11(15)10(12(16)13-3-6-18)8-14(9)4-5-17-2/h7-8,18H,3-6H2,1-2H3,(H,13,16). The Morgan fingerprint density at radius 1 is 1.56 bits per heavy atom. The van der Waals surface area contributed by atoms with E-state index in [1.807, 2.05) is 11.5 Å². The molecule has 5 nitrogen and oxygen atoms in total. The zero-order valence-electron chi connectivity index (χ0n) is 10.6. The van der Waals surface area contributed by atoms with Crippen molar-refractivity contribution in [3.8, 4) is 0 Å². The molecule has 1 N–H and O–H groups in total. The normalized spacial score (nSPS) is 10.4. The Labute approximate surface area is 112 Å². The number of methoxy groups -OCH3 is 1. The fraction of sp³-hybridized carbons (Fsp3) is 0.500. The maximum Gasteiger partial charge on any atom is 0.256 e. The van der Waals surface area contributed by atoms with Crippen LogP contribution in [0.25, 0.3) is 0 Å². The third-order valence-electron chi connectivity index (χ3n) is 2.52. The van der Waals surface area contributed by atoms with E-state index in [0.717, 1.165) is 5.69 Å². The molecule has 0 aliphatic rings. The van der Waals surface area contributed by atoms with Crippen molar-refractivity contribution in [3.05, 3.63) is 33.7 Å². The highest BCUT2D eigenvalue weighted by atomic mass is 32.1. The highest BCUT2D eigenvalue weighted by Gasteiger charge is 2.11. The number of amides is 1. The first kappa shape index (κ1) is 14.8. The summed E-state index contributed by atoms with van der Waals surface area (Å²) < 4.78 is 6.82. The van der Waals surface area contributed by atoms with Crippen molar-refractivity contribution in [1.82, 2.24) is 9.88 Å². The maximum atomic E-state index is 11.8. The van der Waals surface area contributed by atoms with E-state index in [4.69, 9.17) is 4.74 Å². The van der Waals surface area contributed by atoms with Crippen LogP contribution in [0.3, 0.4) is 0 Å². The molecular weight excluding hydrogens is 252 g/mol. The van der Waals surface area contributed by atoms with Crippen LogP contribution in [0, 0.1) is 6.92 Å². The summed E-state index contributed by atoms with van der Waals surface area (Å²) >= 11 is 4.00. The Balaban J connectivity index is 2.97. The third kappa shape index (κ3) is 3.89. The van der Waals surface area contributed by atoms with Gasteiger partial charge in [0, 0.05) is 43.9 Å². The second-order valence-electron chi connectivity index (χ2n) is 3.86. The SMILES string of the molecule is COCCn1cc(C(=O)NCCS)c(=O)cc1C. The minimum absolute atomic E-state index is 0.151. The monoisotopic (exact) mass is 270 g/mol. The number of nitrogens with one attached hydrogen (secondary N) is 1. The summed E-state index contributed by atoms with van der Waals surface area (Å²) in [5.74, 6) is 0.176. The lowest BCUT2D eigenvalue weighted by Gasteiger charge is -2.12. The number of carbonyl (C=O) groups excluding carboxylic acids is 1. The van der Waals surface area contributed by atoms with Crippen LogP contribution >= 0.6 is 12.6 Å². The molecule has 0 aliphatic heterocycles. The number of aromatic nitrogens is 1. The first-order valence-electron chi connectivity index (χ1n) is 5.69. The number of carbonyl (C=O) groups is 1. The van der Waals surface area contributed by atoms with Gasteiger partial charge < -0.3 is 14.6 Å². The number of pyridine rings is 1. The summed E-state index contributed by atoms with van der Waals surface area (Å²) in [7, 11) is 1.61. The number of hydrogen-bond donors (Lipinski definition) is 2. The van der Waals surface area contributed by atoms with Crippen molar-refractivity contribution >= 4 is 18.5 Å². The molecule has 1 heterocycles. The van der Waals surface area contributed by atoms with E-state index in [1.165, 1.54) is 6.07 Å². The van der Waals surface area contributed by atoms with Crippen molar-refractivity contribution in [3.63, 3.8) is 0 Å². The van der Waals surface area contributed by atoms with Crippen molar-refractivity contribution in [2.75, 3.05) is 26.0 Å². The molecule has 1 rings (SSSR count). The molecule has 0 fully saturated rings. The van der Waals surface area contributed by atoms with Gasteiger partial charge in [0.25, 0.3) is 5.91 Å². The molecule has 0 saturated heterocycles. The van der Waals surface area contributed by atoms with Gasteiger partial charge in [-0.25, -0.2) is 0 Å². The van der Waals surface area contributed by atoms with Crippen LogP contribution in [0.1, 0.15) is 16.1 Å². The van der Waals surface area contributed by atoms with Crippen LogP contribution in [0.5, 0.6) is 0 Å². The van der Waals surface area contributed by atoms with Gasteiger partial charge in [0.1, 0.15) is 5.56 Å². The van der Waals surface area contributed by atoms with Gasteiger partial charge in [0.15, 0.2) is 5.43 Å². The number of nitrogens with zero attached hydrogens (tertiary/aromatic N) is 1. The topological polar surface area (TPSA) is 60.3 Å². The van der Waals surface area contributed by atoms with Crippen LogP contribution < -0.4 is 10.7 Å². The largest absolute Gasteiger partial charge is 0.383 e. The van der Waals surface area contributed by atoms with E-state index >= 15 is 0 Å². The summed E-state index contributed by atoms with van der Waals surface area (Å²) in [6.45, 7) is 3.40. The number of hydrogen-bond acceptors (Lipinski definition) is 4. The molecule has 0 radical (unpaired) electrons. The van der Waals surface area contributed by atoms with Crippen LogP contribution in [0.2, 0.25) is 0 Å². The smallest absolute Gasteiger partial charge is 0.256 e. The zero-order chi connectivity index (χ0) is 13.5. The summed E-state index contributed by atoms with van der Waals surface area (Å²) in [6, 6.07) is 1.46. The summed E-state index contributed by atoms with van der Waals surface area (Å²) in [5.41, 5.74) is 0.694. The molecule has 1 amide bonds. The average molecular weight is 270 g/mol. The summed E-state index contributed by atoms with van der Waals surface area (Å²) in [4.78, 5) is 23.5. The Bertz CT molecular complexity index is 471. The van der Waals surface area contributed by atoms with Crippen LogP contribution in [0.15, 0.2) is 17.1 Å². The molecule has 100 valence electrons. The molecule has 0 aromatic carbocycles. The Morgan fingerprint density at radius 3 is 2.89 bits per heavy atom. The van der Waals surface area contributed by atoms with Gasteiger partial charge in [-0.2, -0.15) is 12.6 Å². The van der Waals surface area contributed by atoms with Gasteiger partial charge in [-0.15, -0.1) is 0 Å². The summed E-state index contributed by atoms with van der Waals surface area (Å²) in [6.07, 6.45) is 1.57. The van der Waals surface area contributed by atoms with E-state index in [2.05, 4.69) is 17.9 Å². The second-order valence-corrected chi connectivity index (χ2v) is 4.31. The van der Waals surface area contributed by atoms with Crippen molar-refractivity contribution in [1.29, 1.82) is 0 Å². The molecule has 1 aromatic heterocycles. The van der Waals surface area contributed by atoms with Crippen LogP contribution in [-0.4, -0.2) is 36.5 Å². The first-order valence-corrected chi connectivity index (χ1v) is 6.32. The molecule has 6 heteroatoms. The van der Waals surface area contributed by atoms with Crippen LogP contribution in [-0.2, 0) is 11.3 Å². The van der Waals surface area contributed by atoms with Crippen LogP contribution in [0.4, 0.5) is 0 Å². The van der Waals surface area contributed by atoms with E-state index < -0.39 is 0 Å². The first-order chi connectivity index (χ1) is 8.60.